The summed E-state index contributed by atoms with van der Waals surface area (Å²) in [5.41, 5.74) is 1.18. The fourth-order valence-electron chi connectivity index (χ4n) is 2.71. The minimum atomic E-state index is -0.376. The molecule has 0 unspecified atom stereocenters. The molecule has 0 atom stereocenters. The number of carbonyl (C=O) groups is 1. The third-order valence-corrected chi connectivity index (χ3v) is 4.17. The zero-order valence-corrected chi connectivity index (χ0v) is 14.5. The van der Waals surface area contributed by atoms with Crippen LogP contribution in [0.25, 0.3) is 0 Å². The van der Waals surface area contributed by atoms with Crippen LogP contribution in [0.1, 0.15) is 21.5 Å². The van der Waals surface area contributed by atoms with Gasteiger partial charge < -0.3 is 9.88 Å². The molecule has 0 fully saturated rings. The molecule has 3 rings (SSSR count). The van der Waals surface area contributed by atoms with E-state index < -0.39 is 0 Å². The second kappa shape index (κ2) is 8.40. The summed E-state index contributed by atoms with van der Waals surface area (Å²) in [6.45, 7) is 0.426. The van der Waals surface area contributed by atoms with Crippen LogP contribution < -0.4 is 10.9 Å². The maximum atomic E-state index is 13.7. The number of amides is 1. The van der Waals surface area contributed by atoms with Crippen LogP contribution in [-0.2, 0) is 19.5 Å². The van der Waals surface area contributed by atoms with Crippen molar-refractivity contribution in [1.82, 2.24) is 9.88 Å². The van der Waals surface area contributed by atoms with E-state index in [0.717, 1.165) is 0 Å². The average molecular weight is 368 g/mol. The highest BCUT2D eigenvalue weighted by molar-refractivity contribution is 5.93. The number of carbonyl (C=O) groups excluding carboxylic acids is 1. The number of nitrogens with zero attached hydrogens (tertiary/aromatic N) is 1. The lowest BCUT2D eigenvalue weighted by Crippen LogP contribution is -2.26. The fraction of sp³-hybridized carbons (Fsp3) is 0.143. The summed E-state index contributed by atoms with van der Waals surface area (Å²) >= 11 is 0. The van der Waals surface area contributed by atoms with Gasteiger partial charge in [-0.05, 0) is 41.8 Å². The molecule has 0 saturated carbocycles. The molecule has 1 N–H and O–H groups in total. The van der Waals surface area contributed by atoms with Gasteiger partial charge in [0.05, 0.1) is 5.56 Å². The molecule has 1 heterocycles. The van der Waals surface area contributed by atoms with Crippen molar-refractivity contribution in [2.75, 3.05) is 0 Å². The molecule has 0 bridgehead atoms. The Morgan fingerprint density at radius 2 is 1.81 bits per heavy atom. The normalized spacial score (nSPS) is 10.6. The van der Waals surface area contributed by atoms with Crippen LogP contribution in [-0.4, -0.2) is 10.5 Å². The van der Waals surface area contributed by atoms with Crippen LogP contribution in [0.15, 0.2) is 71.7 Å². The number of hydrogen-bond donors (Lipinski definition) is 1. The molecule has 1 amide bonds. The Morgan fingerprint density at radius 3 is 2.59 bits per heavy atom. The van der Waals surface area contributed by atoms with Crippen molar-refractivity contribution in [1.29, 1.82) is 0 Å². The number of aryl methyl sites for hydroxylation is 2. The summed E-state index contributed by atoms with van der Waals surface area (Å²) in [6.07, 6.45) is 1.78. The lowest BCUT2D eigenvalue weighted by Gasteiger charge is -2.10. The number of pyridine rings is 1. The van der Waals surface area contributed by atoms with Crippen molar-refractivity contribution in [3.05, 3.63) is 106 Å². The average Bonchev–Trinajstić information content (AvgIpc) is 2.66. The highest BCUT2D eigenvalue weighted by Gasteiger charge is 2.09. The van der Waals surface area contributed by atoms with E-state index in [4.69, 9.17) is 0 Å². The van der Waals surface area contributed by atoms with Crippen LogP contribution in [0, 0.1) is 11.6 Å². The number of hydrogen-bond acceptors (Lipinski definition) is 2. The van der Waals surface area contributed by atoms with E-state index in [-0.39, 0.29) is 36.2 Å². The quantitative estimate of drug-likeness (QED) is 0.726. The topological polar surface area (TPSA) is 51.1 Å². The van der Waals surface area contributed by atoms with Gasteiger partial charge in [-0.3, -0.25) is 9.59 Å². The molecular formula is C21H18F2N2O2. The van der Waals surface area contributed by atoms with Crippen LogP contribution in [0.4, 0.5) is 8.78 Å². The molecule has 1 aromatic heterocycles. The maximum absolute atomic E-state index is 13.7. The first-order chi connectivity index (χ1) is 13.0. The minimum Gasteiger partial charge on any atom is -0.348 e. The van der Waals surface area contributed by atoms with Crippen LogP contribution in [0.2, 0.25) is 0 Å². The molecule has 0 aliphatic heterocycles. The number of rotatable bonds is 6. The van der Waals surface area contributed by atoms with Crippen LogP contribution in [0.3, 0.4) is 0 Å². The Labute approximate surface area is 155 Å². The molecule has 0 aliphatic carbocycles. The maximum Gasteiger partial charge on any atom is 0.253 e. The van der Waals surface area contributed by atoms with Gasteiger partial charge in [-0.15, -0.1) is 0 Å². The molecule has 4 nitrogen and oxygen atoms in total. The summed E-state index contributed by atoms with van der Waals surface area (Å²) in [7, 11) is 0. The van der Waals surface area contributed by atoms with E-state index in [9.17, 15) is 18.4 Å². The van der Waals surface area contributed by atoms with E-state index in [2.05, 4.69) is 5.32 Å². The van der Waals surface area contributed by atoms with Gasteiger partial charge in [0, 0.05) is 25.4 Å². The second-order valence-electron chi connectivity index (χ2n) is 6.10. The van der Waals surface area contributed by atoms with Crippen molar-refractivity contribution in [2.24, 2.45) is 0 Å². The number of benzene rings is 2. The molecule has 0 aliphatic rings. The van der Waals surface area contributed by atoms with Crippen molar-refractivity contribution in [3.8, 4) is 0 Å². The Bertz CT molecular complexity index is 1010. The Kier molecular flexibility index (Phi) is 5.76. The van der Waals surface area contributed by atoms with Gasteiger partial charge in [0.2, 0.25) is 0 Å². The summed E-state index contributed by atoms with van der Waals surface area (Å²) in [5.74, 6) is -1.07. The van der Waals surface area contributed by atoms with Gasteiger partial charge in [0.25, 0.3) is 11.5 Å². The van der Waals surface area contributed by atoms with Gasteiger partial charge in [0.1, 0.15) is 11.6 Å². The fourth-order valence-corrected chi connectivity index (χ4v) is 2.71. The third-order valence-electron chi connectivity index (χ3n) is 4.17. The van der Waals surface area contributed by atoms with E-state index >= 15 is 0 Å². The molecule has 2 aromatic carbocycles. The molecule has 0 saturated heterocycles. The van der Waals surface area contributed by atoms with Gasteiger partial charge in [-0.2, -0.15) is 0 Å². The third kappa shape index (κ3) is 4.88. The van der Waals surface area contributed by atoms with Crippen LogP contribution >= 0.6 is 0 Å². The Hall–Kier alpha value is -3.28. The highest BCUT2D eigenvalue weighted by Crippen LogP contribution is 2.08. The Morgan fingerprint density at radius 1 is 1.00 bits per heavy atom. The predicted molar refractivity (Wildman–Crippen MR) is 98.4 cm³/mol. The highest BCUT2D eigenvalue weighted by atomic mass is 19.1. The zero-order chi connectivity index (χ0) is 19.2. The first-order valence-electron chi connectivity index (χ1n) is 8.49. The molecule has 0 spiro atoms. The Balaban J connectivity index is 1.68. The van der Waals surface area contributed by atoms with Gasteiger partial charge in [0.15, 0.2) is 0 Å². The summed E-state index contributed by atoms with van der Waals surface area (Å²) in [6, 6.07) is 15.1. The molecule has 138 valence electrons. The lowest BCUT2D eigenvalue weighted by atomic mass is 10.1. The smallest absolute Gasteiger partial charge is 0.253 e. The van der Waals surface area contributed by atoms with Crippen LogP contribution in [0.5, 0.6) is 0 Å². The summed E-state index contributed by atoms with van der Waals surface area (Å²) < 4.78 is 28.3. The van der Waals surface area contributed by atoms with Crippen molar-refractivity contribution >= 4 is 5.91 Å². The van der Waals surface area contributed by atoms with Crippen molar-refractivity contribution < 1.29 is 13.6 Å². The second-order valence-corrected chi connectivity index (χ2v) is 6.10. The lowest BCUT2D eigenvalue weighted by molar-refractivity contribution is 0.0950. The van der Waals surface area contributed by atoms with Gasteiger partial charge in [-0.1, -0.05) is 30.3 Å². The minimum absolute atomic E-state index is 0.172. The number of nitrogens with one attached hydrogen (secondary N) is 1. The first-order valence-corrected chi connectivity index (χ1v) is 8.49. The largest absolute Gasteiger partial charge is 0.348 e. The van der Waals surface area contributed by atoms with Crippen molar-refractivity contribution in [3.63, 3.8) is 0 Å². The number of aromatic nitrogens is 1. The number of halogens is 2. The van der Waals surface area contributed by atoms with Gasteiger partial charge in [-0.25, -0.2) is 8.78 Å². The molecular weight excluding hydrogens is 350 g/mol. The first kappa shape index (κ1) is 18.5. The molecule has 3 aromatic rings. The van der Waals surface area contributed by atoms with E-state index in [1.54, 1.807) is 30.3 Å². The summed E-state index contributed by atoms with van der Waals surface area (Å²) in [5, 5.41) is 2.69. The van der Waals surface area contributed by atoms with Gasteiger partial charge >= 0.3 is 0 Å². The summed E-state index contributed by atoms with van der Waals surface area (Å²) in [4.78, 5) is 24.3. The standard InChI is InChI=1S/C21H18F2N2O2/c22-18-6-3-4-15(12-18)13-24-21(27)17-8-9-20(26)25(14-17)11-10-16-5-1-2-7-19(16)23/h1-9,12,14H,10-11,13H2,(H,24,27). The van der Waals surface area contributed by atoms with E-state index in [1.807, 2.05) is 0 Å². The van der Waals surface area contributed by atoms with Crippen molar-refractivity contribution in [2.45, 2.75) is 19.5 Å². The zero-order valence-electron chi connectivity index (χ0n) is 14.5. The molecule has 0 radical (unpaired) electrons. The van der Waals surface area contributed by atoms with E-state index in [1.165, 1.54) is 41.1 Å². The molecule has 6 heteroatoms. The molecule has 27 heavy (non-hydrogen) atoms. The monoisotopic (exact) mass is 368 g/mol. The SMILES string of the molecule is O=C(NCc1cccc(F)c1)c1ccc(=O)n(CCc2ccccc2F)c1. The predicted octanol–water partition coefficient (Wildman–Crippen LogP) is 3.30. The van der Waals surface area contributed by atoms with E-state index in [0.29, 0.717) is 23.1 Å².